The van der Waals surface area contributed by atoms with Gasteiger partial charge in [0.1, 0.15) is 0 Å². The number of carbonyl (C=O) groups is 1. The molecular formula is C18H25N3O5S. The van der Waals surface area contributed by atoms with Crippen LogP contribution in [0.2, 0.25) is 0 Å². The third-order valence-electron chi connectivity index (χ3n) is 5.46. The van der Waals surface area contributed by atoms with E-state index in [0.29, 0.717) is 12.8 Å². The van der Waals surface area contributed by atoms with Gasteiger partial charge < -0.3 is 5.32 Å². The predicted octanol–water partition coefficient (Wildman–Crippen LogP) is 2.44. The molecule has 0 unspecified atom stereocenters. The molecule has 9 heteroatoms. The Balaban J connectivity index is 1.63. The van der Waals surface area contributed by atoms with Crippen LogP contribution in [-0.4, -0.2) is 42.7 Å². The van der Waals surface area contributed by atoms with Crippen molar-refractivity contribution in [2.45, 2.75) is 55.9 Å². The number of amides is 1. The normalized spacial score (nSPS) is 20.3. The number of rotatable bonds is 5. The molecule has 27 heavy (non-hydrogen) atoms. The van der Waals surface area contributed by atoms with Gasteiger partial charge in [-0.2, -0.15) is 4.31 Å². The van der Waals surface area contributed by atoms with E-state index in [1.54, 1.807) is 0 Å². The Morgan fingerprint density at radius 2 is 1.70 bits per heavy atom. The van der Waals surface area contributed by atoms with Gasteiger partial charge in [-0.25, -0.2) is 8.42 Å². The standard InChI is InChI=1S/C18H25N3O5S/c22-18(19-15-6-2-1-3-7-15)14-10-12-20(13-11-14)27(25,26)17-9-5-4-8-16(17)21(23)24/h4-5,8-9,14-15H,1-3,6-7,10-13H2,(H,19,22). The van der Waals surface area contributed by atoms with Crippen molar-refractivity contribution in [1.29, 1.82) is 0 Å². The molecule has 0 bridgehead atoms. The Morgan fingerprint density at radius 1 is 1.07 bits per heavy atom. The molecule has 1 aliphatic heterocycles. The number of benzene rings is 1. The summed E-state index contributed by atoms with van der Waals surface area (Å²) in [6.45, 7) is 0.383. The second-order valence-corrected chi connectivity index (χ2v) is 9.15. The molecule has 0 radical (unpaired) electrons. The zero-order chi connectivity index (χ0) is 19.4. The predicted molar refractivity (Wildman–Crippen MR) is 99.6 cm³/mol. The summed E-state index contributed by atoms with van der Waals surface area (Å²) in [6.07, 6.45) is 6.37. The maximum Gasteiger partial charge on any atom is 0.289 e. The van der Waals surface area contributed by atoms with Crippen molar-refractivity contribution >= 4 is 21.6 Å². The first kappa shape index (κ1) is 19.8. The smallest absolute Gasteiger partial charge is 0.289 e. The minimum absolute atomic E-state index is 0.00430. The average Bonchev–Trinajstić information content (AvgIpc) is 2.69. The lowest BCUT2D eigenvalue weighted by molar-refractivity contribution is -0.387. The summed E-state index contributed by atoms with van der Waals surface area (Å²) in [4.78, 5) is 22.6. The minimum atomic E-state index is -3.95. The van der Waals surface area contributed by atoms with E-state index in [1.165, 1.54) is 35.0 Å². The molecule has 1 aliphatic carbocycles. The van der Waals surface area contributed by atoms with Gasteiger partial charge in [0, 0.05) is 31.1 Å². The monoisotopic (exact) mass is 395 g/mol. The molecule has 0 aromatic heterocycles. The molecule has 2 fully saturated rings. The molecule has 1 saturated heterocycles. The molecule has 1 heterocycles. The van der Waals surface area contributed by atoms with E-state index in [0.717, 1.165) is 25.7 Å². The summed E-state index contributed by atoms with van der Waals surface area (Å²) in [5.41, 5.74) is -0.422. The van der Waals surface area contributed by atoms with Gasteiger partial charge >= 0.3 is 0 Å². The van der Waals surface area contributed by atoms with E-state index >= 15 is 0 Å². The third-order valence-corrected chi connectivity index (χ3v) is 7.40. The molecule has 2 aliphatic rings. The van der Waals surface area contributed by atoms with E-state index in [1.807, 2.05) is 0 Å². The lowest BCUT2D eigenvalue weighted by Crippen LogP contribution is -2.45. The molecule has 0 atom stereocenters. The summed E-state index contributed by atoms with van der Waals surface area (Å²) in [7, 11) is -3.95. The maximum atomic E-state index is 12.8. The average molecular weight is 395 g/mol. The highest BCUT2D eigenvalue weighted by molar-refractivity contribution is 7.89. The second kappa shape index (κ2) is 8.35. The first-order chi connectivity index (χ1) is 12.9. The Bertz CT molecular complexity index is 797. The number of para-hydroxylation sites is 1. The van der Waals surface area contributed by atoms with Crippen molar-refractivity contribution in [1.82, 2.24) is 9.62 Å². The Labute approximate surface area is 159 Å². The second-order valence-electron chi connectivity index (χ2n) is 7.25. The van der Waals surface area contributed by atoms with Crippen LogP contribution in [0.5, 0.6) is 0 Å². The summed E-state index contributed by atoms with van der Waals surface area (Å²) < 4.78 is 26.9. The number of sulfonamides is 1. The Hall–Kier alpha value is -2.00. The third kappa shape index (κ3) is 4.47. The van der Waals surface area contributed by atoms with Crippen molar-refractivity contribution in [3.63, 3.8) is 0 Å². The van der Waals surface area contributed by atoms with E-state index in [2.05, 4.69) is 5.32 Å². The van der Waals surface area contributed by atoms with Gasteiger partial charge in [-0.05, 0) is 31.7 Å². The van der Waals surface area contributed by atoms with Crippen molar-refractivity contribution < 1.29 is 18.1 Å². The largest absolute Gasteiger partial charge is 0.353 e. The van der Waals surface area contributed by atoms with Crippen LogP contribution in [0.3, 0.4) is 0 Å². The Morgan fingerprint density at radius 3 is 2.33 bits per heavy atom. The van der Waals surface area contributed by atoms with Crippen LogP contribution in [0, 0.1) is 16.0 Å². The van der Waals surface area contributed by atoms with Crippen molar-refractivity contribution in [2.75, 3.05) is 13.1 Å². The van der Waals surface area contributed by atoms with Gasteiger partial charge in [-0.1, -0.05) is 31.4 Å². The van der Waals surface area contributed by atoms with E-state index in [-0.39, 0.29) is 35.9 Å². The molecule has 148 valence electrons. The van der Waals surface area contributed by atoms with Gasteiger partial charge in [0.05, 0.1) is 4.92 Å². The van der Waals surface area contributed by atoms with Crippen LogP contribution < -0.4 is 5.32 Å². The zero-order valence-corrected chi connectivity index (χ0v) is 16.0. The summed E-state index contributed by atoms with van der Waals surface area (Å²) in [5, 5.41) is 14.3. The van der Waals surface area contributed by atoms with Crippen molar-refractivity contribution in [3.8, 4) is 0 Å². The summed E-state index contributed by atoms with van der Waals surface area (Å²) in [6, 6.07) is 5.61. The van der Waals surface area contributed by atoms with Crippen LogP contribution in [0.4, 0.5) is 5.69 Å². The quantitative estimate of drug-likeness (QED) is 0.608. The van der Waals surface area contributed by atoms with Gasteiger partial charge in [0.2, 0.25) is 15.9 Å². The molecule has 8 nitrogen and oxygen atoms in total. The van der Waals surface area contributed by atoms with Gasteiger partial charge in [0.15, 0.2) is 4.90 Å². The first-order valence-corrected chi connectivity index (χ1v) is 10.9. The van der Waals surface area contributed by atoms with Crippen molar-refractivity contribution in [2.24, 2.45) is 5.92 Å². The SMILES string of the molecule is O=C(NC1CCCCC1)C1CCN(S(=O)(=O)c2ccccc2[N+](=O)[O-])CC1. The fraction of sp³-hybridized carbons (Fsp3) is 0.611. The minimum Gasteiger partial charge on any atom is -0.353 e. The fourth-order valence-corrected chi connectivity index (χ4v) is 5.52. The first-order valence-electron chi connectivity index (χ1n) is 9.43. The lowest BCUT2D eigenvalue weighted by Gasteiger charge is -2.32. The number of nitrogens with zero attached hydrogens (tertiary/aromatic N) is 2. The maximum absolute atomic E-state index is 12.8. The number of nitro groups is 1. The lowest BCUT2D eigenvalue weighted by atomic mass is 9.93. The van der Waals surface area contributed by atoms with Gasteiger partial charge in [-0.15, -0.1) is 0 Å². The highest BCUT2D eigenvalue weighted by atomic mass is 32.2. The van der Waals surface area contributed by atoms with Gasteiger partial charge in [-0.3, -0.25) is 14.9 Å². The van der Waals surface area contributed by atoms with Crippen LogP contribution in [0.1, 0.15) is 44.9 Å². The number of carbonyl (C=O) groups excluding carboxylic acids is 1. The molecule has 3 rings (SSSR count). The molecule has 1 amide bonds. The number of hydrogen-bond acceptors (Lipinski definition) is 5. The van der Waals surface area contributed by atoms with Crippen LogP contribution in [-0.2, 0) is 14.8 Å². The molecule has 1 N–H and O–H groups in total. The molecular weight excluding hydrogens is 370 g/mol. The van der Waals surface area contributed by atoms with Crippen LogP contribution >= 0.6 is 0 Å². The van der Waals surface area contributed by atoms with E-state index in [9.17, 15) is 23.3 Å². The summed E-state index contributed by atoms with van der Waals surface area (Å²) in [5.74, 6) is -0.200. The fourth-order valence-electron chi connectivity index (χ4n) is 3.89. The number of nitro benzene ring substituents is 1. The van der Waals surface area contributed by atoms with Crippen molar-refractivity contribution in [3.05, 3.63) is 34.4 Å². The highest BCUT2D eigenvalue weighted by Gasteiger charge is 2.35. The number of piperidine rings is 1. The number of hydrogen-bond donors (Lipinski definition) is 1. The molecule has 1 saturated carbocycles. The molecule has 1 aromatic rings. The van der Waals surface area contributed by atoms with Crippen LogP contribution in [0.15, 0.2) is 29.2 Å². The topological polar surface area (TPSA) is 110 Å². The zero-order valence-electron chi connectivity index (χ0n) is 15.2. The van der Waals surface area contributed by atoms with Crippen LogP contribution in [0.25, 0.3) is 0 Å². The van der Waals surface area contributed by atoms with E-state index < -0.39 is 20.6 Å². The Kier molecular flexibility index (Phi) is 6.11. The van der Waals surface area contributed by atoms with E-state index in [4.69, 9.17) is 0 Å². The summed E-state index contributed by atoms with van der Waals surface area (Å²) >= 11 is 0. The molecule has 1 aromatic carbocycles. The van der Waals surface area contributed by atoms with Gasteiger partial charge in [0.25, 0.3) is 5.69 Å². The molecule has 0 spiro atoms. The highest BCUT2D eigenvalue weighted by Crippen LogP contribution is 2.29. The number of nitrogens with one attached hydrogen (secondary N) is 1.